The maximum Gasteiger partial charge on any atom is 0.223 e. The molecule has 212 valence electrons. The topological polar surface area (TPSA) is 59.5 Å². The van der Waals surface area contributed by atoms with Crippen molar-refractivity contribution >= 4 is 46.8 Å². The van der Waals surface area contributed by atoms with E-state index in [2.05, 4.69) is 60.9 Å². The van der Waals surface area contributed by atoms with Crippen molar-refractivity contribution in [3.63, 3.8) is 0 Å². The zero-order chi connectivity index (χ0) is 28.2. The summed E-state index contributed by atoms with van der Waals surface area (Å²) in [5.74, 6) is 0.414. The average molecular weight is 596 g/mol. The molecule has 2 aromatic rings. The molecule has 0 radical (unpaired) electrons. The van der Waals surface area contributed by atoms with Crippen molar-refractivity contribution in [3.8, 4) is 0 Å². The maximum atomic E-state index is 14.2. The van der Waals surface area contributed by atoms with Gasteiger partial charge < -0.3 is 19.1 Å². The van der Waals surface area contributed by atoms with E-state index in [9.17, 15) is 4.39 Å². The molecule has 0 amide bonds. The number of nitrogens with one attached hydrogen (secondary N) is 1. The predicted molar refractivity (Wildman–Crippen MR) is 160 cm³/mol. The van der Waals surface area contributed by atoms with E-state index < -0.39 is 6.17 Å². The van der Waals surface area contributed by atoms with Crippen LogP contribution in [-0.4, -0.2) is 58.2 Å². The molecule has 0 aliphatic carbocycles. The highest BCUT2D eigenvalue weighted by Crippen LogP contribution is 2.42. The first kappa shape index (κ1) is 30.1. The van der Waals surface area contributed by atoms with Crippen LogP contribution in [0, 0.1) is 5.41 Å². The lowest BCUT2D eigenvalue weighted by molar-refractivity contribution is 0.0284. The van der Waals surface area contributed by atoms with Gasteiger partial charge in [-0.2, -0.15) is 0 Å². The third-order valence-corrected chi connectivity index (χ3v) is 9.21. The Kier molecular flexibility index (Phi) is 9.87. The predicted octanol–water partition coefficient (Wildman–Crippen LogP) is 7.77. The Bertz CT molecular complexity index is 1180. The molecule has 39 heavy (non-hydrogen) atoms. The minimum Gasteiger partial charge on any atom is -0.378 e. The SMILES string of the molecule is CC(C)(C)C(C)(C)SOC[C@H](c1cc(Cl)cc(Cl)c1)N1C=CC(c2ccnc(N[C@H]3CCOC[C@H]3F)n2)=CC1. The van der Waals surface area contributed by atoms with Crippen LogP contribution in [0.3, 0.4) is 0 Å². The maximum absolute atomic E-state index is 14.2. The number of halogens is 3. The number of rotatable bonds is 9. The Hall–Kier alpha value is -1.84. The minimum atomic E-state index is -1.08. The fourth-order valence-corrected chi connectivity index (χ4v) is 5.36. The van der Waals surface area contributed by atoms with E-state index in [0.717, 1.165) is 16.8 Å². The summed E-state index contributed by atoms with van der Waals surface area (Å²) in [5.41, 5.74) is 2.78. The molecular formula is C29H37Cl2FN4O2S. The molecule has 1 N–H and O–H groups in total. The molecule has 6 nitrogen and oxygen atoms in total. The van der Waals surface area contributed by atoms with Gasteiger partial charge in [0.15, 0.2) is 0 Å². The largest absolute Gasteiger partial charge is 0.378 e. The van der Waals surface area contributed by atoms with Crippen molar-refractivity contribution in [1.29, 1.82) is 0 Å². The van der Waals surface area contributed by atoms with E-state index in [1.807, 2.05) is 30.5 Å². The minimum absolute atomic E-state index is 0.0658. The number of aromatic nitrogens is 2. The first-order valence-corrected chi connectivity index (χ1v) is 14.7. The van der Waals surface area contributed by atoms with Gasteiger partial charge in [0.05, 0.1) is 31.0 Å². The summed E-state index contributed by atoms with van der Waals surface area (Å²) in [6.45, 7) is 12.7. The molecule has 4 rings (SSSR count). The molecule has 1 saturated heterocycles. The van der Waals surface area contributed by atoms with Gasteiger partial charge in [-0.25, -0.2) is 14.4 Å². The molecule has 2 aliphatic rings. The Morgan fingerprint density at radius 1 is 1.21 bits per heavy atom. The first-order valence-electron chi connectivity index (χ1n) is 13.2. The number of alkyl halides is 1. The summed E-state index contributed by atoms with van der Waals surface area (Å²) >= 11 is 14.2. The summed E-state index contributed by atoms with van der Waals surface area (Å²) in [4.78, 5) is 11.1. The van der Waals surface area contributed by atoms with Crippen LogP contribution in [-0.2, 0) is 8.92 Å². The van der Waals surface area contributed by atoms with Gasteiger partial charge in [-0.1, -0.05) is 50.0 Å². The van der Waals surface area contributed by atoms with Crippen LogP contribution >= 0.6 is 35.2 Å². The van der Waals surface area contributed by atoms with Crippen LogP contribution in [0.1, 0.15) is 58.3 Å². The van der Waals surface area contributed by atoms with Crippen molar-refractivity contribution < 1.29 is 13.3 Å². The molecule has 10 heteroatoms. The highest BCUT2D eigenvalue weighted by atomic mass is 35.5. The van der Waals surface area contributed by atoms with Crippen LogP contribution in [0.5, 0.6) is 0 Å². The Labute approximate surface area is 245 Å². The van der Waals surface area contributed by atoms with E-state index in [4.69, 9.17) is 32.1 Å². The molecule has 0 bridgehead atoms. The van der Waals surface area contributed by atoms with Crippen LogP contribution in [0.2, 0.25) is 10.0 Å². The van der Waals surface area contributed by atoms with E-state index in [1.54, 1.807) is 12.3 Å². The van der Waals surface area contributed by atoms with Gasteiger partial charge in [-0.3, -0.25) is 0 Å². The molecule has 2 aliphatic heterocycles. The Balaban J connectivity index is 1.48. The molecule has 3 heterocycles. The van der Waals surface area contributed by atoms with Crippen molar-refractivity contribution in [3.05, 3.63) is 70.1 Å². The standard InChI is InChI=1S/C29H37Cl2FN4O2S/c1-28(2,3)29(4,5)39-38-18-26(20-14-21(30)16-22(31)15-20)36-11-7-19(8-12-36)24-6-10-33-27(34-24)35-25-9-13-37-17-23(25)32/h6-8,10-11,14-16,23,25-26H,9,12-13,17-18H2,1-5H3,(H,33,34,35)/t23-,25+,26-/m1/s1. The Morgan fingerprint density at radius 3 is 2.59 bits per heavy atom. The number of anilines is 1. The van der Waals surface area contributed by atoms with Crippen LogP contribution in [0.4, 0.5) is 10.3 Å². The van der Waals surface area contributed by atoms with Crippen molar-refractivity contribution in [1.82, 2.24) is 14.9 Å². The van der Waals surface area contributed by atoms with Crippen molar-refractivity contribution in [2.75, 3.05) is 31.7 Å². The lowest BCUT2D eigenvalue weighted by Crippen LogP contribution is -2.39. The molecular weight excluding hydrogens is 558 g/mol. The summed E-state index contributed by atoms with van der Waals surface area (Å²) in [6, 6.07) is 7.01. The molecule has 0 unspecified atom stereocenters. The average Bonchev–Trinajstić information content (AvgIpc) is 2.87. The van der Waals surface area contributed by atoms with E-state index in [0.29, 0.717) is 42.2 Å². The number of nitrogens with zero attached hydrogens (tertiary/aromatic N) is 3. The van der Waals surface area contributed by atoms with E-state index in [-0.39, 0.29) is 28.9 Å². The third kappa shape index (κ3) is 7.88. The second-order valence-electron chi connectivity index (χ2n) is 11.4. The van der Waals surface area contributed by atoms with E-state index in [1.165, 1.54) is 12.0 Å². The summed E-state index contributed by atoms with van der Waals surface area (Å²) in [7, 11) is 0. The molecule has 1 fully saturated rings. The molecule has 0 spiro atoms. The lowest BCUT2D eigenvalue weighted by atomic mass is 9.83. The summed E-state index contributed by atoms with van der Waals surface area (Å²) < 4.78 is 25.6. The van der Waals surface area contributed by atoms with Gasteiger partial charge >= 0.3 is 0 Å². The van der Waals surface area contributed by atoms with Gasteiger partial charge in [0, 0.05) is 40.3 Å². The number of hydrogen-bond donors (Lipinski definition) is 1. The highest BCUT2D eigenvalue weighted by molar-refractivity contribution is 7.96. The van der Waals surface area contributed by atoms with Gasteiger partial charge in [-0.15, -0.1) is 0 Å². The van der Waals surface area contributed by atoms with Gasteiger partial charge in [-0.05, 0) is 79.2 Å². The Morgan fingerprint density at radius 2 is 1.95 bits per heavy atom. The smallest absolute Gasteiger partial charge is 0.223 e. The number of ether oxygens (including phenoxy) is 1. The number of hydrogen-bond acceptors (Lipinski definition) is 7. The van der Waals surface area contributed by atoms with Crippen molar-refractivity contribution in [2.45, 2.75) is 64.0 Å². The van der Waals surface area contributed by atoms with Gasteiger partial charge in [0.25, 0.3) is 0 Å². The summed E-state index contributed by atoms with van der Waals surface area (Å²) in [6.07, 6.45) is 7.37. The second kappa shape index (κ2) is 12.8. The van der Waals surface area contributed by atoms with E-state index >= 15 is 0 Å². The van der Waals surface area contributed by atoms with Crippen LogP contribution in [0.25, 0.3) is 5.57 Å². The fraction of sp³-hybridized carbons (Fsp3) is 0.517. The van der Waals surface area contributed by atoms with Gasteiger partial charge in [0.2, 0.25) is 5.95 Å². The quantitative estimate of drug-likeness (QED) is 0.297. The van der Waals surface area contributed by atoms with Gasteiger partial charge in [0.1, 0.15) is 6.17 Å². The van der Waals surface area contributed by atoms with Crippen molar-refractivity contribution in [2.24, 2.45) is 5.41 Å². The first-order chi connectivity index (χ1) is 18.4. The normalized spacial score (nSPS) is 21.0. The highest BCUT2D eigenvalue weighted by Gasteiger charge is 2.35. The zero-order valence-corrected chi connectivity index (χ0v) is 25.4. The molecule has 0 saturated carbocycles. The lowest BCUT2D eigenvalue weighted by Gasteiger charge is -2.38. The van der Waals surface area contributed by atoms with Crippen LogP contribution in [0.15, 0.2) is 48.8 Å². The molecule has 1 aromatic heterocycles. The third-order valence-electron chi connectivity index (χ3n) is 7.49. The number of allylic oxidation sites excluding steroid dienone is 2. The monoisotopic (exact) mass is 594 g/mol. The second-order valence-corrected chi connectivity index (χ2v) is 13.7. The number of benzene rings is 1. The molecule has 3 atom stereocenters. The fourth-order valence-electron chi connectivity index (χ4n) is 4.07. The zero-order valence-electron chi connectivity index (χ0n) is 23.1. The molecule has 1 aromatic carbocycles. The summed E-state index contributed by atoms with van der Waals surface area (Å²) in [5, 5.41) is 4.31. The van der Waals surface area contributed by atoms with Crippen LogP contribution < -0.4 is 5.32 Å².